The van der Waals surface area contributed by atoms with Crippen molar-refractivity contribution in [3.8, 4) is 5.75 Å². The average molecular weight is 529 g/mol. The number of aliphatic hydroxyl groups is 1. The van der Waals surface area contributed by atoms with Crippen LogP contribution in [0.5, 0.6) is 5.75 Å². The Balaban J connectivity index is 1.48. The molecule has 192 valence electrons. The molecule has 10 nitrogen and oxygen atoms in total. The summed E-state index contributed by atoms with van der Waals surface area (Å²) in [6.07, 6.45) is -2.40. The van der Waals surface area contributed by atoms with Crippen molar-refractivity contribution < 1.29 is 29.1 Å². The molecular weight excluding hydrogens is 507 g/mol. The van der Waals surface area contributed by atoms with Crippen LogP contribution in [0.1, 0.15) is 17.2 Å². The van der Waals surface area contributed by atoms with E-state index in [-0.39, 0.29) is 29.4 Å². The van der Waals surface area contributed by atoms with Crippen molar-refractivity contribution in [2.24, 2.45) is 0 Å². The number of nitro groups is 1. The number of hydrogen-bond acceptors (Lipinski definition) is 7. The Morgan fingerprint density at radius 2 is 1.95 bits per heavy atom. The Morgan fingerprint density at radius 3 is 2.65 bits per heavy atom. The van der Waals surface area contributed by atoms with E-state index >= 15 is 0 Å². The summed E-state index contributed by atoms with van der Waals surface area (Å²) in [6, 6.07) is 17.6. The minimum Gasteiger partial charge on any atom is -0.492 e. The van der Waals surface area contributed by atoms with Crippen LogP contribution in [0.25, 0.3) is 10.9 Å². The Labute approximate surface area is 215 Å². The van der Waals surface area contributed by atoms with Crippen molar-refractivity contribution in [2.75, 3.05) is 19.7 Å². The van der Waals surface area contributed by atoms with Crippen LogP contribution >= 0.6 is 11.6 Å². The standard InChI is InChI=1S/C25H22ClFN4O6/c26-24-19-8-7-18(13-21(19)30(28-24)25(33)34)37-11-10-29(14-16-4-2-1-3-5-16)15-23(32)17-6-9-20(27)22(12-17)31(35)36/h1-9,12-13,23,32H,10-11,14-15H2,(H,33,34). The van der Waals surface area contributed by atoms with E-state index in [9.17, 15) is 29.5 Å². The van der Waals surface area contributed by atoms with E-state index in [1.165, 1.54) is 12.1 Å². The van der Waals surface area contributed by atoms with Gasteiger partial charge in [0.2, 0.25) is 5.82 Å². The van der Waals surface area contributed by atoms with Crippen molar-refractivity contribution >= 4 is 34.3 Å². The molecule has 2 N–H and O–H groups in total. The number of carbonyl (C=O) groups is 1. The Bertz CT molecular complexity index is 1430. The molecule has 0 aliphatic rings. The molecule has 0 radical (unpaired) electrons. The Morgan fingerprint density at radius 1 is 1.19 bits per heavy atom. The summed E-state index contributed by atoms with van der Waals surface area (Å²) in [5.41, 5.74) is 0.771. The highest BCUT2D eigenvalue weighted by Gasteiger charge is 2.20. The van der Waals surface area contributed by atoms with Crippen LogP contribution in [-0.4, -0.2) is 55.6 Å². The van der Waals surface area contributed by atoms with Crippen molar-refractivity contribution in [3.05, 3.63) is 98.9 Å². The summed E-state index contributed by atoms with van der Waals surface area (Å²) < 4.78 is 20.3. The van der Waals surface area contributed by atoms with E-state index in [0.29, 0.717) is 24.2 Å². The number of ether oxygens (including phenoxy) is 1. The predicted molar refractivity (Wildman–Crippen MR) is 133 cm³/mol. The minimum absolute atomic E-state index is 0.0630. The molecule has 0 spiro atoms. The molecular formula is C25H22ClFN4O6. The molecule has 37 heavy (non-hydrogen) atoms. The second-order valence-corrected chi connectivity index (χ2v) is 8.58. The first-order valence-corrected chi connectivity index (χ1v) is 11.5. The van der Waals surface area contributed by atoms with Gasteiger partial charge in [0.1, 0.15) is 12.4 Å². The molecule has 1 unspecified atom stereocenters. The second kappa shape index (κ2) is 11.3. The number of hydrogen-bond donors (Lipinski definition) is 2. The largest absolute Gasteiger partial charge is 0.492 e. The molecule has 0 amide bonds. The summed E-state index contributed by atoms with van der Waals surface area (Å²) in [6.45, 7) is 1.09. The second-order valence-electron chi connectivity index (χ2n) is 8.22. The van der Waals surface area contributed by atoms with Crippen LogP contribution in [0.3, 0.4) is 0 Å². The SMILES string of the molecule is O=C(O)n1nc(Cl)c2ccc(OCCN(Cc3ccccc3)CC(O)c3ccc(F)c([N+](=O)[O-])c3)cc21. The van der Waals surface area contributed by atoms with Crippen LogP contribution in [0.15, 0.2) is 66.7 Å². The summed E-state index contributed by atoms with van der Waals surface area (Å²) >= 11 is 6.01. The number of aromatic nitrogens is 2. The highest BCUT2D eigenvalue weighted by atomic mass is 35.5. The van der Waals surface area contributed by atoms with Gasteiger partial charge in [-0.1, -0.05) is 48.0 Å². The first-order chi connectivity index (χ1) is 17.7. The van der Waals surface area contributed by atoms with Gasteiger partial charge in [-0.3, -0.25) is 15.0 Å². The molecule has 0 saturated heterocycles. The smallest absolute Gasteiger partial charge is 0.432 e. The summed E-state index contributed by atoms with van der Waals surface area (Å²) in [4.78, 5) is 23.6. The van der Waals surface area contributed by atoms with Crippen LogP contribution in [0, 0.1) is 15.9 Å². The third-order valence-corrected chi connectivity index (χ3v) is 5.98. The molecule has 4 rings (SSSR count). The molecule has 0 aliphatic heterocycles. The van der Waals surface area contributed by atoms with Crippen molar-refractivity contribution in [1.29, 1.82) is 0 Å². The molecule has 3 aromatic carbocycles. The van der Waals surface area contributed by atoms with Crippen LogP contribution < -0.4 is 4.74 Å². The number of carboxylic acid groups (broad SMARTS) is 1. The number of aliphatic hydroxyl groups excluding tert-OH is 1. The highest BCUT2D eigenvalue weighted by molar-refractivity contribution is 6.34. The molecule has 0 bridgehead atoms. The number of rotatable bonds is 10. The van der Waals surface area contributed by atoms with Gasteiger partial charge >= 0.3 is 11.8 Å². The minimum atomic E-state index is -1.28. The predicted octanol–water partition coefficient (Wildman–Crippen LogP) is 4.88. The Kier molecular flexibility index (Phi) is 7.97. The lowest BCUT2D eigenvalue weighted by molar-refractivity contribution is -0.387. The molecule has 0 fully saturated rings. The van der Waals surface area contributed by atoms with Crippen molar-refractivity contribution in [3.63, 3.8) is 0 Å². The number of nitrogens with zero attached hydrogens (tertiary/aromatic N) is 4. The van der Waals surface area contributed by atoms with Crippen LogP contribution in [0.4, 0.5) is 14.9 Å². The molecule has 12 heteroatoms. The van der Waals surface area contributed by atoms with Gasteiger partial charge in [0.15, 0.2) is 5.15 Å². The van der Waals surface area contributed by atoms with Gasteiger partial charge in [-0.2, -0.15) is 9.07 Å². The number of nitro benzene ring substituents is 1. The maximum atomic E-state index is 13.7. The van der Waals surface area contributed by atoms with Gasteiger partial charge in [-0.05, 0) is 29.3 Å². The van der Waals surface area contributed by atoms with E-state index in [4.69, 9.17) is 16.3 Å². The molecule has 1 atom stereocenters. The lowest BCUT2D eigenvalue weighted by atomic mass is 10.1. The fourth-order valence-corrected chi connectivity index (χ4v) is 4.12. The lowest BCUT2D eigenvalue weighted by Gasteiger charge is -2.25. The van der Waals surface area contributed by atoms with Gasteiger partial charge < -0.3 is 14.9 Å². The fraction of sp³-hybridized carbons (Fsp3) is 0.200. The van der Waals surface area contributed by atoms with E-state index in [1.807, 2.05) is 35.2 Å². The number of halogens is 2. The molecule has 0 aliphatic carbocycles. The van der Waals surface area contributed by atoms with Gasteiger partial charge in [0, 0.05) is 37.2 Å². The molecule has 1 heterocycles. The monoisotopic (exact) mass is 528 g/mol. The summed E-state index contributed by atoms with van der Waals surface area (Å²) in [5, 5.41) is 35.5. The maximum absolute atomic E-state index is 13.7. The zero-order valence-electron chi connectivity index (χ0n) is 19.3. The van der Waals surface area contributed by atoms with Gasteiger partial charge in [-0.15, -0.1) is 5.10 Å². The van der Waals surface area contributed by atoms with Crippen molar-refractivity contribution in [1.82, 2.24) is 14.7 Å². The van der Waals surface area contributed by atoms with Gasteiger partial charge in [0.25, 0.3) is 0 Å². The Hall–Kier alpha value is -4.06. The zero-order chi connectivity index (χ0) is 26.5. The third kappa shape index (κ3) is 6.20. The molecule has 0 saturated carbocycles. The number of fused-ring (bicyclic) bond motifs is 1. The van der Waals surface area contributed by atoms with E-state index < -0.39 is 28.6 Å². The summed E-state index contributed by atoms with van der Waals surface area (Å²) in [7, 11) is 0. The van der Waals surface area contributed by atoms with Crippen molar-refractivity contribution in [2.45, 2.75) is 12.6 Å². The normalized spacial score (nSPS) is 12.1. The average Bonchev–Trinajstić information content (AvgIpc) is 3.20. The fourth-order valence-electron chi connectivity index (χ4n) is 3.89. The van der Waals surface area contributed by atoms with E-state index in [2.05, 4.69) is 5.10 Å². The quantitative estimate of drug-likeness (QED) is 0.220. The first kappa shape index (κ1) is 26.0. The lowest BCUT2D eigenvalue weighted by Crippen LogP contribution is -2.32. The van der Waals surface area contributed by atoms with Crippen LogP contribution in [-0.2, 0) is 6.54 Å². The molecule has 4 aromatic rings. The van der Waals surface area contributed by atoms with E-state index in [0.717, 1.165) is 22.4 Å². The zero-order valence-corrected chi connectivity index (χ0v) is 20.1. The first-order valence-electron chi connectivity index (χ1n) is 11.2. The van der Waals surface area contributed by atoms with Crippen LogP contribution in [0.2, 0.25) is 5.15 Å². The van der Waals surface area contributed by atoms with Gasteiger partial charge in [0.05, 0.1) is 16.5 Å². The summed E-state index contributed by atoms with van der Waals surface area (Å²) in [5.74, 6) is -0.570. The highest BCUT2D eigenvalue weighted by Crippen LogP contribution is 2.27. The van der Waals surface area contributed by atoms with E-state index in [1.54, 1.807) is 12.1 Å². The van der Waals surface area contributed by atoms with Gasteiger partial charge in [-0.25, -0.2) is 4.79 Å². The molecule has 1 aromatic heterocycles. The maximum Gasteiger partial charge on any atom is 0.432 e. The topological polar surface area (TPSA) is 131 Å². The number of benzene rings is 3. The third-order valence-electron chi connectivity index (χ3n) is 5.70.